The molecule has 0 aliphatic carbocycles. The van der Waals surface area contributed by atoms with Crippen LogP contribution in [0.15, 0.2) is 145 Å². The number of amides is 2. The molecule has 0 bridgehead atoms. The summed E-state index contributed by atoms with van der Waals surface area (Å²) in [4.78, 5) is 37.3. The maximum Gasteiger partial charge on any atom is 0.414 e. The fourth-order valence-corrected chi connectivity index (χ4v) is 7.74. The topological polar surface area (TPSA) is 87.7 Å². The Morgan fingerprint density at radius 3 is 1.96 bits per heavy atom. The van der Waals surface area contributed by atoms with Gasteiger partial charge >= 0.3 is 6.09 Å². The van der Waals surface area contributed by atoms with Gasteiger partial charge in [0.1, 0.15) is 6.10 Å². The Morgan fingerprint density at radius 1 is 0.837 bits per heavy atom. The lowest BCUT2D eigenvalue weighted by atomic mass is 9.75. The van der Waals surface area contributed by atoms with E-state index in [1.807, 2.05) is 18.2 Å². The van der Waals surface area contributed by atoms with E-state index >= 15 is 0 Å². The lowest BCUT2D eigenvalue weighted by molar-refractivity contribution is -0.119. The number of anilines is 1. The summed E-state index contributed by atoms with van der Waals surface area (Å²) in [7, 11) is 0. The summed E-state index contributed by atoms with van der Waals surface area (Å²) in [6.07, 6.45) is 5.14. The van der Waals surface area contributed by atoms with Gasteiger partial charge in [-0.1, -0.05) is 121 Å². The molecule has 2 amide bonds. The fraction of sp³-hybridized carbons (Fsp3) is 0.200. The van der Waals surface area contributed by atoms with Crippen molar-refractivity contribution in [1.29, 1.82) is 0 Å². The molecule has 1 fully saturated rings. The summed E-state index contributed by atoms with van der Waals surface area (Å²) in [5.41, 5.74) is 6.00. The van der Waals surface area contributed by atoms with Crippen LogP contribution in [0.1, 0.15) is 29.2 Å². The SMILES string of the molecule is CC(=O)NC[C@H]1CN(c2ccc(C3=CC(CSc4ncccn4)N(C(c4ccccc4)(c4ccccc4)c4ccccc4)C3)cc2)C(=O)O1. The first-order valence-corrected chi connectivity index (χ1v) is 17.4. The third-order valence-electron chi connectivity index (χ3n) is 9.07. The van der Waals surface area contributed by atoms with Gasteiger partial charge in [-0.25, -0.2) is 14.8 Å². The van der Waals surface area contributed by atoms with E-state index in [1.165, 1.54) is 29.2 Å². The average molecular weight is 668 g/mol. The lowest BCUT2D eigenvalue weighted by Gasteiger charge is -2.46. The largest absolute Gasteiger partial charge is 0.442 e. The summed E-state index contributed by atoms with van der Waals surface area (Å²) in [6.45, 7) is 2.80. The minimum absolute atomic E-state index is 0.0206. The Kier molecular flexibility index (Phi) is 9.54. The molecule has 2 aliphatic heterocycles. The van der Waals surface area contributed by atoms with Crippen LogP contribution in [0.2, 0.25) is 0 Å². The second-order valence-corrected chi connectivity index (χ2v) is 13.1. The van der Waals surface area contributed by atoms with Crippen molar-refractivity contribution in [1.82, 2.24) is 20.2 Å². The number of ether oxygens (including phenoxy) is 1. The number of carbonyl (C=O) groups excluding carboxylic acids is 2. The molecule has 0 spiro atoms. The molecule has 1 aromatic heterocycles. The molecule has 246 valence electrons. The van der Waals surface area contributed by atoms with E-state index in [-0.39, 0.29) is 18.5 Å². The van der Waals surface area contributed by atoms with Gasteiger partial charge in [0.2, 0.25) is 5.91 Å². The van der Waals surface area contributed by atoms with Crippen LogP contribution in [-0.2, 0) is 15.1 Å². The highest BCUT2D eigenvalue weighted by atomic mass is 32.2. The smallest absolute Gasteiger partial charge is 0.414 e. The maximum absolute atomic E-state index is 12.7. The first-order valence-electron chi connectivity index (χ1n) is 16.4. The summed E-state index contributed by atoms with van der Waals surface area (Å²) in [5.74, 6) is 0.594. The molecule has 49 heavy (non-hydrogen) atoms. The minimum Gasteiger partial charge on any atom is -0.442 e. The Bertz CT molecular complexity index is 1810. The zero-order valence-electron chi connectivity index (χ0n) is 27.2. The van der Waals surface area contributed by atoms with E-state index in [9.17, 15) is 9.59 Å². The van der Waals surface area contributed by atoms with Gasteiger partial charge in [-0.15, -0.1) is 0 Å². The number of nitrogens with zero attached hydrogens (tertiary/aromatic N) is 4. The van der Waals surface area contributed by atoms with E-state index in [1.54, 1.807) is 29.1 Å². The van der Waals surface area contributed by atoms with Crippen molar-refractivity contribution < 1.29 is 14.3 Å². The quantitative estimate of drug-likeness (QED) is 0.0943. The molecular formula is C40H37N5O3S. The lowest BCUT2D eigenvalue weighted by Crippen LogP contribution is -2.51. The Morgan fingerprint density at radius 2 is 1.41 bits per heavy atom. The number of benzene rings is 4. The standard InChI is InChI=1S/C40H37N5O3S/c1-29(46)43-25-37-27-44(39(47)48-37)35-20-18-30(19-21-35)31-24-36(28-49-38-41-22-11-23-42-38)45(26-31)40(32-12-5-2-6-13-32,33-14-7-3-8-15-33)34-16-9-4-10-17-34/h2-24,36-37H,25-28H2,1H3,(H,43,46)/t36?,37-/m0/s1. The van der Waals surface area contributed by atoms with Crippen molar-refractivity contribution in [2.45, 2.75) is 29.8 Å². The molecule has 8 nitrogen and oxygen atoms in total. The summed E-state index contributed by atoms with van der Waals surface area (Å²) in [6, 6.07) is 42.2. The highest BCUT2D eigenvalue weighted by Gasteiger charge is 2.47. The minimum atomic E-state index is -0.604. The van der Waals surface area contributed by atoms with Crippen LogP contribution < -0.4 is 10.2 Å². The van der Waals surface area contributed by atoms with Gasteiger partial charge in [0.15, 0.2) is 5.16 Å². The van der Waals surface area contributed by atoms with E-state index in [0.717, 1.165) is 22.2 Å². The third kappa shape index (κ3) is 6.72. The molecule has 4 aromatic carbocycles. The van der Waals surface area contributed by atoms with Crippen LogP contribution >= 0.6 is 11.8 Å². The van der Waals surface area contributed by atoms with Crippen molar-refractivity contribution in [3.05, 3.63) is 162 Å². The number of nitrogens with one attached hydrogen (secondary N) is 1. The van der Waals surface area contributed by atoms with Gasteiger partial charge in [0, 0.05) is 43.3 Å². The Hall–Kier alpha value is -5.25. The van der Waals surface area contributed by atoms with Gasteiger partial charge in [0.25, 0.3) is 0 Å². The highest BCUT2D eigenvalue weighted by Crippen LogP contribution is 2.47. The Balaban J connectivity index is 1.27. The zero-order chi connectivity index (χ0) is 33.6. The van der Waals surface area contributed by atoms with Gasteiger partial charge in [-0.2, -0.15) is 0 Å². The number of cyclic esters (lactones) is 1. The van der Waals surface area contributed by atoms with Gasteiger partial charge in [0.05, 0.1) is 18.6 Å². The van der Waals surface area contributed by atoms with Crippen LogP contribution in [0, 0.1) is 0 Å². The van der Waals surface area contributed by atoms with Crippen molar-refractivity contribution in [3.63, 3.8) is 0 Å². The molecule has 9 heteroatoms. The van der Waals surface area contributed by atoms with Crippen LogP contribution in [0.25, 0.3) is 5.57 Å². The summed E-state index contributed by atoms with van der Waals surface area (Å²) < 4.78 is 5.51. The van der Waals surface area contributed by atoms with Gasteiger partial charge < -0.3 is 10.1 Å². The predicted octanol–water partition coefficient (Wildman–Crippen LogP) is 6.79. The second-order valence-electron chi connectivity index (χ2n) is 12.1. The number of aromatic nitrogens is 2. The van der Waals surface area contributed by atoms with E-state index < -0.39 is 17.7 Å². The van der Waals surface area contributed by atoms with Gasteiger partial charge in [-0.05, 0) is 46.0 Å². The molecule has 2 atom stereocenters. The number of hydrogen-bond donors (Lipinski definition) is 1. The van der Waals surface area contributed by atoms with E-state index in [0.29, 0.717) is 13.1 Å². The number of hydrogen-bond acceptors (Lipinski definition) is 7. The molecule has 3 heterocycles. The van der Waals surface area contributed by atoms with Crippen molar-refractivity contribution in [2.75, 3.05) is 30.3 Å². The summed E-state index contributed by atoms with van der Waals surface area (Å²) >= 11 is 1.65. The zero-order valence-corrected chi connectivity index (χ0v) is 28.0. The first-order chi connectivity index (χ1) is 24.0. The van der Waals surface area contributed by atoms with Crippen molar-refractivity contribution in [2.24, 2.45) is 0 Å². The Labute approximate surface area is 290 Å². The highest BCUT2D eigenvalue weighted by molar-refractivity contribution is 7.99. The van der Waals surface area contributed by atoms with Crippen molar-refractivity contribution >= 4 is 35.0 Å². The first kappa shape index (κ1) is 32.3. The number of thioether (sulfide) groups is 1. The normalized spacial score (nSPS) is 17.9. The predicted molar refractivity (Wildman–Crippen MR) is 193 cm³/mol. The van der Waals surface area contributed by atoms with Crippen LogP contribution in [-0.4, -0.2) is 64.4 Å². The number of carbonyl (C=O) groups is 2. The summed E-state index contributed by atoms with van der Waals surface area (Å²) in [5, 5.41) is 3.48. The average Bonchev–Trinajstić information content (AvgIpc) is 3.75. The van der Waals surface area contributed by atoms with Crippen LogP contribution in [0.3, 0.4) is 0 Å². The molecule has 1 N–H and O–H groups in total. The van der Waals surface area contributed by atoms with E-state index in [2.05, 4.69) is 129 Å². The van der Waals surface area contributed by atoms with Gasteiger partial charge in [-0.3, -0.25) is 14.6 Å². The van der Waals surface area contributed by atoms with E-state index in [4.69, 9.17) is 4.74 Å². The third-order valence-corrected chi connectivity index (χ3v) is 10.0. The maximum atomic E-state index is 12.7. The molecule has 1 saturated heterocycles. The number of rotatable bonds is 11. The molecule has 2 aliphatic rings. The second kappa shape index (κ2) is 14.5. The fourth-order valence-electron chi connectivity index (χ4n) is 6.88. The molecular weight excluding hydrogens is 631 g/mol. The monoisotopic (exact) mass is 667 g/mol. The molecule has 7 rings (SSSR count). The molecule has 0 saturated carbocycles. The molecule has 0 radical (unpaired) electrons. The molecule has 1 unspecified atom stereocenters. The van der Waals surface area contributed by atoms with Crippen molar-refractivity contribution in [3.8, 4) is 0 Å². The van der Waals surface area contributed by atoms with Crippen LogP contribution in [0.4, 0.5) is 10.5 Å². The van der Waals surface area contributed by atoms with Crippen LogP contribution in [0.5, 0.6) is 0 Å². The molecule has 5 aromatic rings.